The first-order chi connectivity index (χ1) is 9.79. The molecular formula is C17H21FN2. The van der Waals surface area contributed by atoms with Gasteiger partial charge in [-0.25, -0.2) is 4.39 Å². The van der Waals surface area contributed by atoms with Gasteiger partial charge in [-0.2, -0.15) is 5.26 Å². The number of likely N-dealkylation sites (tertiary alicyclic amines) is 1. The minimum Gasteiger partial charge on any atom is -0.296 e. The molecule has 20 heavy (non-hydrogen) atoms. The SMILES string of the molecule is N#Cc1cccc(CN2CCC[C@H]3CCCC[C@H]32)c1F. The third-order valence-electron chi connectivity index (χ3n) is 4.93. The number of piperidine rings is 1. The van der Waals surface area contributed by atoms with Gasteiger partial charge >= 0.3 is 0 Å². The highest BCUT2D eigenvalue weighted by Crippen LogP contribution is 2.36. The minimum atomic E-state index is -0.326. The minimum absolute atomic E-state index is 0.166. The maximum Gasteiger partial charge on any atom is 0.145 e. The van der Waals surface area contributed by atoms with Gasteiger partial charge in [-0.1, -0.05) is 25.0 Å². The molecule has 0 unspecified atom stereocenters. The van der Waals surface area contributed by atoms with Gasteiger partial charge in [-0.3, -0.25) is 4.90 Å². The van der Waals surface area contributed by atoms with Crippen molar-refractivity contribution in [2.75, 3.05) is 6.54 Å². The van der Waals surface area contributed by atoms with Crippen LogP contribution in [0.1, 0.15) is 49.7 Å². The van der Waals surface area contributed by atoms with Crippen LogP contribution in [0.2, 0.25) is 0 Å². The summed E-state index contributed by atoms with van der Waals surface area (Å²) >= 11 is 0. The Morgan fingerprint density at radius 3 is 2.85 bits per heavy atom. The molecule has 0 N–H and O–H groups in total. The third-order valence-corrected chi connectivity index (χ3v) is 4.93. The molecule has 0 bridgehead atoms. The molecule has 3 heteroatoms. The van der Waals surface area contributed by atoms with E-state index < -0.39 is 0 Å². The second-order valence-electron chi connectivity index (χ2n) is 6.12. The Kier molecular flexibility index (Phi) is 4.03. The van der Waals surface area contributed by atoms with Gasteiger partial charge in [-0.15, -0.1) is 0 Å². The summed E-state index contributed by atoms with van der Waals surface area (Å²) in [6.45, 7) is 1.72. The van der Waals surface area contributed by atoms with Gasteiger partial charge in [0.05, 0.1) is 5.56 Å². The molecule has 1 aromatic carbocycles. The van der Waals surface area contributed by atoms with Crippen LogP contribution in [0.4, 0.5) is 4.39 Å². The van der Waals surface area contributed by atoms with Crippen LogP contribution in [0.5, 0.6) is 0 Å². The maximum absolute atomic E-state index is 14.2. The molecule has 2 atom stereocenters. The van der Waals surface area contributed by atoms with Crippen molar-refractivity contribution in [1.82, 2.24) is 4.90 Å². The van der Waals surface area contributed by atoms with E-state index >= 15 is 0 Å². The Hall–Kier alpha value is -1.40. The van der Waals surface area contributed by atoms with Gasteiger partial charge in [0.1, 0.15) is 11.9 Å². The molecule has 1 aliphatic heterocycles. The van der Waals surface area contributed by atoms with Crippen molar-refractivity contribution in [2.45, 2.75) is 51.1 Å². The number of nitrogens with zero attached hydrogens (tertiary/aromatic N) is 2. The molecule has 2 nitrogen and oxygen atoms in total. The van der Waals surface area contributed by atoms with E-state index in [1.54, 1.807) is 12.1 Å². The Labute approximate surface area is 120 Å². The highest BCUT2D eigenvalue weighted by molar-refractivity contribution is 5.35. The molecule has 1 saturated carbocycles. The van der Waals surface area contributed by atoms with Crippen LogP contribution >= 0.6 is 0 Å². The fourth-order valence-corrected chi connectivity index (χ4v) is 3.93. The first-order valence-corrected chi connectivity index (χ1v) is 7.71. The number of hydrogen-bond donors (Lipinski definition) is 0. The van der Waals surface area contributed by atoms with Crippen LogP contribution in [0.15, 0.2) is 18.2 Å². The van der Waals surface area contributed by atoms with Crippen molar-refractivity contribution < 1.29 is 4.39 Å². The van der Waals surface area contributed by atoms with Crippen LogP contribution in [-0.4, -0.2) is 17.5 Å². The molecule has 2 fully saturated rings. The van der Waals surface area contributed by atoms with E-state index in [0.29, 0.717) is 18.2 Å². The van der Waals surface area contributed by atoms with Crippen molar-refractivity contribution in [2.24, 2.45) is 5.92 Å². The van der Waals surface area contributed by atoms with Gasteiger partial charge in [0.2, 0.25) is 0 Å². The summed E-state index contributed by atoms with van der Waals surface area (Å²) in [6, 6.07) is 7.73. The summed E-state index contributed by atoms with van der Waals surface area (Å²) in [7, 11) is 0. The molecule has 1 heterocycles. The summed E-state index contributed by atoms with van der Waals surface area (Å²) < 4.78 is 14.2. The predicted octanol–water partition coefficient (Wildman–Crippen LogP) is 3.85. The topological polar surface area (TPSA) is 27.0 Å². The zero-order valence-corrected chi connectivity index (χ0v) is 11.8. The summed E-state index contributed by atoms with van der Waals surface area (Å²) in [4.78, 5) is 2.45. The van der Waals surface area contributed by atoms with E-state index in [1.807, 2.05) is 12.1 Å². The number of rotatable bonds is 2. The molecule has 0 spiro atoms. The number of nitriles is 1. The van der Waals surface area contributed by atoms with Gasteiger partial charge in [0.25, 0.3) is 0 Å². The zero-order valence-electron chi connectivity index (χ0n) is 11.8. The lowest BCUT2D eigenvalue weighted by molar-refractivity contribution is 0.0539. The molecule has 0 radical (unpaired) electrons. The summed E-state index contributed by atoms with van der Waals surface area (Å²) in [5.74, 6) is 0.479. The fourth-order valence-electron chi connectivity index (χ4n) is 3.93. The van der Waals surface area contributed by atoms with E-state index in [2.05, 4.69) is 4.90 Å². The average Bonchev–Trinajstić information content (AvgIpc) is 2.50. The molecular weight excluding hydrogens is 251 g/mol. The fraction of sp³-hybridized carbons (Fsp3) is 0.588. The lowest BCUT2D eigenvalue weighted by Gasteiger charge is -2.44. The molecule has 2 aliphatic rings. The smallest absolute Gasteiger partial charge is 0.145 e. The Morgan fingerprint density at radius 1 is 1.20 bits per heavy atom. The van der Waals surface area contributed by atoms with Crippen molar-refractivity contribution >= 4 is 0 Å². The molecule has 1 aliphatic carbocycles. The third kappa shape index (κ3) is 2.58. The summed E-state index contributed by atoms with van der Waals surface area (Å²) in [5, 5.41) is 8.93. The number of hydrogen-bond acceptors (Lipinski definition) is 2. The highest BCUT2D eigenvalue weighted by atomic mass is 19.1. The highest BCUT2D eigenvalue weighted by Gasteiger charge is 2.33. The van der Waals surface area contributed by atoms with E-state index in [1.165, 1.54) is 38.5 Å². The molecule has 106 valence electrons. The quantitative estimate of drug-likeness (QED) is 0.817. The molecule has 3 rings (SSSR count). The van der Waals surface area contributed by atoms with E-state index in [0.717, 1.165) is 12.5 Å². The van der Waals surface area contributed by atoms with Gasteiger partial charge in [0, 0.05) is 18.2 Å². The van der Waals surface area contributed by atoms with E-state index in [-0.39, 0.29) is 11.4 Å². The van der Waals surface area contributed by atoms with Crippen molar-refractivity contribution in [1.29, 1.82) is 5.26 Å². The van der Waals surface area contributed by atoms with Crippen LogP contribution in [-0.2, 0) is 6.54 Å². The Balaban J connectivity index is 1.78. The normalized spacial score (nSPS) is 26.8. The second-order valence-corrected chi connectivity index (χ2v) is 6.12. The van der Waals surface area contributed by atoms with E-state index in [9.17, 15) is 4.39 Å². The molecule has 0 amide bonds. The Morgan fingerprint density at radius 2 is 2.00 bits per heavy atom. The average molecular weight is 272 g/mol. The van der Waals surface area contributed by atoms with Gasteiger partial charge < -0.3 is 0 Å². The molecule has 1 aromatic rings. The number of fused-ring (bicyclic) bond motifs is 1. The second kappa shape index (κ2) is 5.93. The van der Waals surface area contributed by atoms with Crippen molar-refractivity contribution in [3.05, 3.63) is 35.1 Å². The van der Waals surface area contributed by atoms with E-state index in [4.69, 9.17) is 5.26 Å². The standard InChI is InChI=1S/C17H21FN2/c18-17-14(11-19)6-3-7-15(17)12-20-10-4-8-13-5-1-2-9-16(13)20/h3,6-7,13,16H,1-2,4-5,8-10,12H2/t13-,16-/m1/s1. The van der Waals surface area contributed by atoms with Crippen molar-refractivity contribution in [3.63, 3.8) is 0 Å². The molecule has 0 aromatic heterocycles. The monoisotopic (exact) mass is 272 g/mol. The number of halogens is 1. The van der Waals surface area contributed by atoms with Crippen LogP contribution in [0, 0.1) is 23.1 Å². The first kappa shape index (κ1) is 13.6. The largest absolute Gasteiger partial charge is 0.296 e. The first-order valence-electron chi connectivity index (χ1n) is 7.71. The van der Waals surface area contributed by atoms with Crippen LogP contribution < -0.4 is 0 Å². The summed E-state index contributed by atoms with van der Waals surface area (Å²) in [6.07, 6.45) is 7.81. The van der Waals surface area contributed by atoms with Gasteiger partial charge in [0.15, 0.2) is 0 Å². The van der Waals surface area contributed by atoms with Gasteiger partial charge in [-0.05, 0) is 44.2 Å². The molecule has 1 saturated heterocycles. The van der Waals surface area contributed by atoms with Crippen LogP contribution in [0.3, 0.4) is 0 Å². The number of benzene rings is 1. The van der Waals surface area contributed by atoms with Crippen LogP contribution in [0.25, 0.3) is 0 Å². The summed E-state index contributed by atoms with van der Waals surface area (Å²) in [5.41, 5.74) is 0.843. The lowest BCUT2D eigenvalue weighted by atomic mass is 9.78. The maximum atomic E-state index is 14.2. The Bertz CT molecular complexity index is 518. The lowest BCUT2D eigenvalue weighted by Crippen LogP contribution is -2.46. The predicted molar refractivity (Wildman–Crippen MR) is 76.5 cm³/mol. The van der Waals surface area contributed by atoms with Crippen molar-refractivity contribution in [3.8, 4) is 6.07 Å². The zero-order chi connectivity index (χ0) is 13.9.